The van der Waals surface area contributed by atoms with Crippen molar-refractivity contribution >= 4 is 21.3 Å². The zero-order valence-corrected chi connectivity index (χ0v) is 19.9. The molecule has 0 radical (unpaired) electrons. The van der Waals surface area contributed by atoms with Crippen molar-refractivity contribution in [2.45, 2.75) is 61.9 Å². The van der Waals surface area contributed by atoms with Crippen LogP contribution in [0.5, 0.6) is 0 Å². The van der Waals surface area contributed by atoms with Crippen LogP contribution in [-0.4, -0.2) is 44.2 Å². The minimum absolute atomic E-state index is 0.0292. The van der Waals surface area contributed by atoms with E-state index in [2.05, 4.69) is 15.4 Å². The quantitative estimate of drug-likeness (QED) is 0.516. The fourth-order valence-electron chi connectivity index (χ4n) is 4.61. The van der Waals surface area contributed by atoms with E-state index in [1.54, 1.807) is 0 Å². The molecule has 192 valence electrons. The van der Waals surface area contributed by atoms with Gasteiger partial charge in [0, 0.05) is 44.6 Å². The Balaban J connectivity index is 1.80. The van der Waals surface area contributed by atoms with E-state index in [0.717, 1.165) is 23.2 Å². The summed E-state index contributed by atoms with van der Waals surface area (Å²) in [5, 5.41) is 6.26. The Morgan fingerprint density at radius 2 is 1.94 bits per heavy atom. The van der Waals surface area contributed by atoms with E-state index in [1.165, 1.54) is 20.1 Å². The summed E-state index contributed by atoms with van der Waals surface area (Å²) in [6.45, 7) is 1.18. The third kappa shape index (κ3) is 4.90. The molecule has 0 aliphatic heterocycles. The van der Waals surface area contributed by atoms with Gasteiger partial charge in [-0.2, -0.15) is 18.3 Å². The Morgan fingerprint density at radius 1 is 1.31 bits per heavy atom. The Labute approximate surface area is 198 Å². The number of aromatic nitrogens is 3. The van der Waals surface area contributed by atoms with Gasteiger partial charge >= 0.3 is 6.18 Å². The van der Waals surface area contributed by atoms with Crippen LogP contribution in [0.1, 0.15) is 54.4 Å². The second-order valence-electron chi connectivity index (χ2n) is 9.63. The minimum Gasteiger partial charge on any atom is -0.372 e. The Morgan fingerprint density at radius 3 is 2.43 bits per heavy atom. The molecule has 2 fully saturated rings. The van der Waals surface area contributed by atoms with Gasteiger partial charge in [0.15, 0.2) is 0 Å². The van der Waals surface area contributed by atoms with Gasteiger partial charge in [-0.25, -0.2) is 22.8 Å². The van der Waals surface area contributed by atoms with Crippen LogP contribution in [0.4, 0.5) is 27.6 Å². The fraction of sp³-hybridized carbons (Fsp3) is 0.571. The van der Waals surface area contributed by atoms with Gasteiger partial charge in [-0.15, -0.1) is 0 Å². The summed E-state index contributed by atoms with van der Waals surface area (Å²) in [6, 6.07) is 2.40. The van der Waals surface area contributed by atoms with Crippen LogP contribution in [0.15, 0.2) is 23.4 Å². The van der Waals surface area contributed by atoms with Gasteiger partial charge in [-0.1, -0.05) is 6.92 Å². The maximum Gasteiger partial charge on any atom is 0.420 e. The number of halogens is 5. The molecule has 2 aliphatic carbocycles. The first kappa shape index (κ1) is 25.5. The highest BCUT2D eigenvalue weighted by molar-refractivity contribution is 7.91. The van der Waals surface area contributed by atoms with E-state index in [0.29, 0.717) is 0 Å². The van der Waals surface area contributed by atoms with Crippen LogP contribution >= 0.6 is 0 Å². The van der Waals surface area contributed by atoms with E-state index >= 15 is 0 Å². The third-order valence-electron chi connectivity index (χ3n) is 6.27. The van der Waals surface area contributed by atoms with Crippen LogP contribution in [0, 0.1) is 10.2 Å². The predicted molar refractivity (Wildman–Crippen MR) is 115 cm³/mol. The standard InChI is InChI=1S/C21H24F5N5O3S/c1-18(9-20(22,23)10-18)11-31-15(14(21(24,25)26)16(30-31)19(34-2)5-6-19)17(32)29-12-4-7-28-13(8-12)35(3,27)33/h4,7-8,27H,5-6,9-11H2,1-3H3,(H,28,29,32)/t35-/m1/s1. The second-order valence-corrected chi connectivity index (χ2v) is 11.7. The zero-order chi connectivity index (χ0) is 26.0. The van der Waals surface area contributed by atoms with E-state index in [-0.39, 0.29) is 30.1 Å². The molecule has 2 aromatic heterocycles. The summed E-state index contributed by atoms with van der Waals surface area (Å²) in [5.74, 6) is -4.11. The van der Waals surface area contributed by atoms with Crippen molar-refractivity contribution in [3.05, 3.63) is 35.3 Å². The molecule has 0 bridgehead atoms. The minimum atomic E-state index is -4.98. The molecule has 4 rings (SSSR count). The van der Waals surface area contributed by atoms with E-state index in [1.807, 2.05) is 0 Å². The SMILES string of the molecule is COC1(c2nn(CC3(C)CC(F)(F)C3)c(C(=O)Nc3ccnc([S@](C)(=N)=O)c3)c2C(F)(F)F)CC1. The average Bonchev–Trinajstić information content (AvgIpc) is 3.39. The number of carbonyl (C=O) groups is 1. The van der Waals surface area contributed by atoms with Crippen LogP contribution in [0.2, 0.25) is 0 Å². The molecule has 2 saturated carbocycles. The van der Waals surface area contributed by atoms with E-state index < -0.39 is 68.5 Å². The van der Waals surface area contributed by atoms with Gasteiger partial charge in [0.25, 0.3) is 5.91 Å². The lowest BCUT2D eigenvalue weighted by Gasteiger charge is -2.44. The molecule has 1 amide bonds. The molecule has 2 aromatic rings. The third-order valence-corrected chi connectivity index (χ3v) is 7.29. The number of pyridine rings is 1. The van der Waals surface area contributed by atoms with Gasteiger partial charge in [-0.3, -0.25) is 9.48 Å². The highest BCUT2D eigenvalue weighted by Crippen LogP contribution is 2.55. The molecule has 1 atom stereocenters. The molecular weight excluding hydrogens is 497 g/mol. The van der Waals surface area contributed by atoms with Crippen molar-refractivity contribution in [3.63, 3.8) is 0 Å². The lowest BCUT2D eigenvalue weighted by atomic mass is 9.67. The molecular formula is C21H24F5N5O3S. The van der Waals surface area contributed by atoms with Crippen LogP contribution < -0.4 is 5.32 Å². The summed E-state index contributed by atoms with van der Waals surface area (Å²) in [4.78, 5) is 17.0. The monoisotopic (exact) mass is 521 g/mol. The van der Waals surface area contributed by atoms with Crippen molar-refractivity contribution < 1.29 is 35.7 Å². The number of alkyl halides is 5. The van der Waals surface area contributed by atoms with Crippen LogP contribution in [0.25, 0.3) is 0 Å². The van der Waals surface area contributed by atoms with Crippen LogP contribution in [-0.2, 0) is 32.8 Å². The molecule has 0 spiro atoms. The highest BCUT2D eigenvalue weighted by atomic mass is 32.2. The van der Waals surface area contributed by atoms with Gasteiger partial charge in [-0.05, 0) is 30.4 Å². The Hall–Kier alpha value is -2.61. The Bertz CT molecular complexity index is 1280. The molecule has 14 heteroatoms. The van der Waals surface area contributed by atoms with Gasteiger partial charge in [0.1, 0.15) is 27.6 Å². The summed E-state index contributed by atoms with van der Waals surface area (Å²) in [7, 11) is -2.00. The maximum atomic E-state index is 14.3. The number of methoxy groups -OCH3 is 1. The number of nitrogens with zero attached hydrogens (tertiary/aromatic N) is 3. The van der Waals surface area contributed by atoms with Crippen molar-refractivity contribution in [2.24, 2.45) is 5.41 Å². The van der Waals surface area contributed by atoms with E-state index in [9.17, 15) is 31.0 Å². The predicted octanol–water partition coefficient (Wildman–Crippen LogP) is 4.66. The summed E-state index contributed by atoms with van der Waals surface area (Å²) < 4.78 is 95.9. The number of rotatable bonds is 7. The lowest BCUT2D eigenvalue weighted by molar-refractivity contribution is -0.160. The molecule has 35 heavy (non-hydrogen) atoms. The average molecular weight is 522 g/mol. The van der Waals surface area contributed by atoms with Gasteiger partial charge < -0.3 is 10.1 Å². The summed E-state index contributed by atoms with van der Waals surface area (Å²) >= 11 is 0. The Kier molecular flexibility index (Phi) is 5.79. The number of nitrogens with one attached hydrogen (secondary N) is 2. The molecule has 0 unspecified atom stereocenters. The first-order valence-electron chi connectivity index (χ1n) is 10.6. The topological polar surface area (TPSA) is 110 Å². The summed E-state index contributed by atoms with van der Waals surface area (Å²) in [5.41, 5.74) is -4.95. The molecule has 8 nitrogen and oxygen atoms in total. The lowest BCUT2D eigenvalue weighted by Crippen LogP contribution is -2.47. The van der Waals surface area contributed by atoms with Crippen molar-refractivity contribution in [2.75, 3.05) is 18.7 Å². The molecule has 2 aliphatic rings. The number of ether oxygens (including phenoxy) is 1. The van der Waals surface area contributed by atoms with Crippen molar-refractivity contribution in [3.8, 4) is 0 Å². The number of carbonyl (C=O) groups excluding carboxylic acids is 1. The van der Waals surface area contributed by atoms with E-state index in [4.69, 9.17) is 9.52 Å². The second kappa shape index (κ2) is 7.95. The van der Waals surface area contributed by atoms with Crippen LogP contribution in [0.3, 0.4) is 0 Å². The maximum absolute atomic E-state index is 14.3. The number of amides is 1. The number of anilines is 1. The zero-order valence-electron chi connectivity index (χ0n) is 19.1. The van der Waals surface area contributed by atoms with Gasteiger partial charge in [0.2, 0.25) is 5.92 Å². The largest absolute Gasteiger partial charge is 0.420 e. The van der Waals surface area contributed by atoms with Crippen molar-refractivity contribution in [1.82, 2.24) is 14.8 Å². The fourth-order valence-corrected chi connectivity index (χ4v) is 5.22. The molecule has 0 aromatic carbocycles. The first-order chi connectivity index (χ1) is 16.0. The number of hydrogen-bond acceptors (Lipinski definition) is 6. The normalized spacial score (nSPS) is 21.6. The highest BCUT2D eigenvalue weighted by Gasteiger charge is 2.57. The molecule has 2 heterocycles. The summed E-state index contributed by atoms with van der Waals surface area (Å²) in [6.07, 6.45) is -3.27. The number of hydrogen-bond donors (Lipinski definition) is 2. The smallest absolute Gasteiger partial charge is 0.372 e. The van der Waals surface area contributed by atoms with Gasteiger partial charge in [0.05, 0.1) is 9.73 Å². The first-order valence-corrected chi connectivity index (χ1v) is 12.6. The molecule has 0 saturated heterocycles. The van der Waals surface area contributed by atoms with Crippen molar-refractivity contribution in [1.29, 1.82) is 4.78 Å². The molecule has 2 N–H and O–H groups in total.